The smallest absolute Gasteiger partial charge is 0.295 e. The summed E-state index contributed by atoms with van der Waals surface area (Å²) in [6.07, 6.45) is -0.476. The first-order chi connectivity index (χ1) is 14.3. The summed E-state index contributed by atoms with van der Waals surface area (Å²) in [5.74, 6) is -1.94. The van der Waals surface area contributed by atoms with E-state index < -0.39 is 17.8 Å². The van der Waals surface area contributed by atoms with E-state index in [2.05, 4.69) is 0 Å². The van der Waals surface area contributed by atoms with Crippen LogP contribution >= 0.6 is 0 Å². The maximum absolute atomic E-state index is 13.1. The number of rotatable bonds is 6. The zero-order chi connectivity index (χ0) is 21.7. The fourth-order valence-electron chi connectivity index (χ4n) is 3.35. The molecule has 1 aliphatic heterocycles. The van der Waals surface area contributed by atoms with Gasteiger partial charge in [-0.05, 0) is 31.5 Å². The molecule has 1 aliphatic rings. The summed E-state index contributed by atoms with van der Waals surface area (Å²) in [5.41, 5.74) is 1.06. The predicted molar refractivity (Wildman–Crippen MR) is 109 cm³/mol. The summed E-state index contributed by atoms with van der Waals surface area (Å²) in [6, 6.07) is 14.1. The second-order valence-corrected chi connectivity index (χ2v) is 7.58. The van der Waals surface area contributed by atoms with Crippen LogP contribution in [0.15, 0.2) is 54.6 Å². The zero-order valence-corrected chi connectivity index (χ0v) is 17.1. The first kappa shape index (κ1) is 21.6. The second-order valence-electron chi connectivity index (χ2n) is 7.58. The summed E-state index contributed by atoms with van der Waals surface area (Å²) >= 11 is 0. The number of carbonyl (C=O) groups is 3. The van der Waals surface area contributed by atoms with Crippen LogP contribution in [-0.4, -0.2) is 59.2 Å². The van der Waals surface area contributed by atoms with Crippen molar-refractivity contribution in [3.8, 4) is 0 Å². The van der Waals surface area contributed by atoms with Crippen LogP contribution in [0.3, 0.4) is 0 Å². The van der Waals surface area contributed by atoms with Gasteiger partial charge in [0.05, 0.1) is 12.7 Å². The van der Waals surface area contributed by atoms with Crippen molar-refractivity contribution in [3.63, 3.8) is 0 Å². The Morgan fingerprint density at radius 1 is 1.07 bits per heavy atom. The Bertz CT molecular complexity index is 899. The molecule has 0 saturated carbocycles. The lowest BCUT2D eigenvalue weighted by atomic mass is 10.1. The lowest BCUT2D eigenvalue weighted by molar-refractivity contribution is -0.137. The van der Waals surface area contributed by atoms with Gasteiger partial charge in [0.1, 0.15) is 12.4 Å². The van der Waals surface area contributed by atoms with Gasteiger partial charge in [0.2, 0.25) is 11.7 Å². The van der Waals surface area contributed by atoms with Gasteiger partial charge >= 0.3 is 0 Å². The third-order valence-corrected chi connectivity index (χ3v) is 5.01. The lowest BCUT2D eigenvalue weighted by Gasteiger charge is -2.27. The molecule has 158 valence electrons. The van der Waals surface area contributed by atoms with Crippen LogP contribution in [0.4, 0.5) is 4.39 Å². The first-order valence-electron chi connectivity index (χ1n) is 9.89. The molecule has 0 N–H and O–H groups in total. The van der Waals surface area contributed by atoms with Crippen LogP contribution in [0.5, 0.6) is 0 Å². The molecule has 0 aliphatic carbocycles. The van der Waals surface area contributed by atoms with Crippen molar-refractivity contribution in [2.45, 2.75) is 32.6 Å². The molecule has 7 heteroatoms. The number of Topliss-reactive ketones (excluding diaryl/α,β-unsaturated/α-hetero) is 1. The molecule has 30 heavy (non-hydrogen) atoms. The van der Waals surface area contributed by atoms with Crippen LogP contribution < -0.4 is 0 Å². The Balaban J connectivity index is 1.76. The molecule has 1 unspecified atom stereocenters. The number of benzene rings is 2. The van der Waals surface area contributed by atoms with E-state index in [9.17, 15) is 18.8 Å². The molecule has 3 rings (SSSR count). The summed E-state index contributed by atoms with van der Waals surface area (Å²) in [5, 5.41) is 0. The van der Waals surface area contributed by atoms with Crippen molar-refractivity contribution < 1.29 is 23.5 Å². The first-order valence-corrected chi connectivity index (χ1v) is 9.89. The minimum Gasteiger partial charge on any atom is -0.370 e. The van der Waals surface area contributed by atoms with Crippen molar-refractivity contribution in [2.75, 3.05) is 19.6 Å². The molecule has 1 saturated heterocycles. The van der Waals surface area contributed by atoms with Gasteiger partial charge in [0, 0.05) is 24.7 Å². The summed E-state index contributed by atoms with van der Waals surface area (Å²) in [4.78, 5) is 41.1. The van der Waals surface area contributed by atoms with Crippen molar-refractivity contribution in [1.29, 1.82) is 0 Å². The number of ether oxygens (including phenoxy) is 1. The molecular formula is C23H25FN2O4. The van der Waals surface area contributed by atoms with E-state index in [0.29, 0.717) is 6.54 Å². The van der Waals surface area contributed by atoms with Gasteiger partial charge in [0.15, 0.2) is 0 Å². The molecule has 1 fully saturated rings. The zero-order valence-electron chi connectivity index (χ0n) is 17.1. The third kappa shape index (κ3) is 5.30. The number of ketones is 1. The van der Waals surface area contributed by atoms with Crippen LogP contribution in [0.25, 0.3) is 0 Å². The van der Waals surface area contributed by atoms with Gasteiger partial charge < -0.3 is 14.5 Å². The van der Waals surface area contributed by atoms with E-state index in [1.54, 1.807) is 47.4 Å². The Kier molecular flexibility index (Phi) is 6.95. The van der Waals surface area contributed by atoms with E-state index in [0.717, 1.165) is 5.56 Å². The molecule has 2 aromatic carbocycles. The molecule has 0 spiro atoms. The molecule has 0 aromatic heterocycles. The topological polar surface area (TPSA) is 66.9 Å². The molecule has 2 amide bonds. The van der Waals surface area contributed by atoms with E-state index >= 15 is 0 Å². The maximum Gasteiger partial charge on any atom is 0.295 e. The Morgan fingerprint density at radius 3 is 2.37 bits per heavy atom. The molecule has 1 atom stereocenters. The Morgan fingerprint density at radius 2 is 1.73 bits per heavy atom. The maximum atomic E-state index is 13.1. The van der Waals surface area contributed by atoms with Crippen molar-refractivity contribution in [3.05, 3.63) is 71.5 Å². The minimum atomic E-state index is -0.726. The van der Waals surface area contributed by atoms with Gasteiger partial charge in [-0.25, -0.2) is 4.39 Å². The van der Waals surface area contributed by atoms with Gasteiger partial charge in [0.25, 0.3) is 5.91 Å². The van der Waals surface area contributed by atoms with Gasteiger partial charge in [-0.15, -0.1) is 0 Å². The molecule has 1 heterocycles. The van der Waals surface area contributed by atoms with Crippen molar-refractivity contribution in [1.82, 2.24) is 9.80 Å². The summed E-state index contributed by atoms with van der Waals surface area (Å²) in [6.45, 7) is 4.24. The lowest BCUT2D eigenvalue weighted by Crippen LogP contribution is -2.44. The number of halogens is 1. The normalized spacial score (nSPS) is 17.2. The van der Waals surface area contributed by atoms with Crippen LogP contribution in [0, 0.1) is 5.82 Å². The monoisotopic (exact) mass is 412 g/mol. The third-order valence-electron chi connectivity index (χ3n) is 5.01. The molecule has 0 radical (unpaired) electrons. The van der Waals surface area contributed by atoms with E-state index in [1.807, 2.05) is 13.8 Å². The SMILES string of the molecule is CC(C)N1CC(OCc2ccc(F)cc2)CN(C(=O)C(=O)c2ccccc2)CC1=O. The second kappa shape index (κ2) is 9.63. The average Bonchev–Trinajstić information content (AvgIpc) is 2.91. The van der Waals surface area contributed by atoms with E-state index in [4.69, 9.17) is 4.74 Å². The van der Waals surface area contributed by atoms with Crippen molar-refractivity contribution in [2.24, 2.45) is 0 Å². The average molecular weight is 412 g/mol. The fraction of sp³-hybridized carbons (Fsp3) is 0.348. The number of hydrogen-bond acceptors (Lipinski definition) is 4. The highest BCUT2D eigenvalue weighted by atomic mass is 19.1. The minimum absolute atomic E-state index is 0.0747. The molecule has 2 aromatic rings. The highest BCUT2D eigenvalue weighted by Gasteiger charge is 2.34. The van der Waals surface area contributed by atoms with E-state index in [-0.39, 0.29) is 43.0 Å². The molecular weight excluding hydrogens is 387 g/mol. The predicted octanol–water partition coefficient (Wildman–Crippen LogP) is 2.67. The highest BCUT2D eigenvalue weighted by Crippen LogP contribution is 2.15. The standard InChI is InChI=1S/C23H25FN2O4/c1-16(2)26-13-20(30-15-17-8-10-19(24)11-9-17)12-25(14-21(26)27)23(29)22(28)18-6-4-3-5-7-18/h3-11,16,20H,12-15H2,1-2H3. The van der Waals surface area contributed by atoms with E-state index in [1.165, 1.54) is 17.0 Å². The summed E-state index contributed by atoms with van der Waals surface area (Å²) in [7, 11) is 0. The number of hydrogen-bond donors (Lipinski definition) is 0. The van der Waals surface area contributed by atoms with Gasteiger partial charge in [-0.3, -0.25) is 14.4 Å². The van der Waals surface area contributed by atoms with Crippen LogP contribution in [0.2, 0.25) is 0 Å². The van der Waals surface area contributed by atoms with Gasteiger partial charge in [-0.2, -0.15) is 0 Å². The Labute approximate surface area is 175 Å². The number of nitrogens with zero attached hydrogens (tertiary/aromatic N) is 2. The summed E-state index contributed by atoms with van der Waals surface area (Å²) < 4.78 is 19.1. The molecule has 0 bridgehead atoms. The Hall–Kier alpha value is -3.06. The van der Waals surface area contributed by atoms with Crippen LogP contribution in [-0.2, 0) is 20.9 Å². The van der Waals surface area contributed by atoms with Crippen molar-refractivity contribution >= 4 is 17.6 Å². The highest BCUT2D eigenvalue weighted by molar-refractivity contribution is 6.42. The number of carbonyl (C=O) groups excluding carboxylic acids is 3. The quantitative estimate of drug-likeness (QED) is 0.541. The number of amides is 2. The van der Waals surface area contributed by atoms with Crippen LogP contribution in [0.1, 0.15) is 29.8 Å². The van der Waals surface area contributed by atoms with Gasteiger partial charge in [-0.1, -0.05) is 42.5 Å². The fourth-order valence-corrected chi connectivity index (χ4v) is 3.35. The largest absolute Gasteiger partial charge is 0.370 e. The molecule has 6 nitrogen and oxygen atoms in total.